The normalized spacial score (nSPS) is 11.8. The zero-order chi connectivity index (χ0) is 15.6. The van der Waals surface area contributed by atoms with Gasteiger partial charge in [0.2, 0.25) is 0 Å². The Bertz CT molecular complexity index is 755. The van der Waals surface area contributed by atoms with Crippen LogP contribution in [0.5, 0.6) is 0 Å². The highest BCUT2D eigenvalue weighted by Crippen LogP contribution is 2.25. The fourth-order valence-corrected chi connectivity index (χ4v) is 2.07. The second kappa shape index (κ2) is 6.10. The lowest BCUT2D eigenvalue weighted by Crippen LogP contribution is -2.13. The van der Waals surface area contributed by atoms with Crippen LogP contribution >= 0.6 is 15.9 Å². The van der Waals surface area contributed by atoms with Crippen molar-refractivity contribution in [1.82, 2.24) is 0 Å². The third-order valence-corrected chi connectivity index (χ3v) is 3.51. The number of hydrogen-bond acceptors (Lipinski definition) is 2. The Hall–Kier alpha value is -2.13. The first-order valence-electron chi connectivity index (χ1n) is 5.78. The monoisotopic (exact) mass is 353 g/mol. The van der Waals surface area contributed by atoms with Crippen molar-refractivity contribution in [3.63, 3.8) is 0 Å². The van der Waals surface area contributed by atoms with Gasteiger partial charge in [0.1, 0.15) is 23.4 Å². The van der Waals surface area contributed by atoms with Gasteiger partial charge in [0.05, 0.1) is 10.5 Å². The summed E-state index contributed by atoms with van der Waals surface area (Å²) in [4.78, 5) is 12.2. The van der Waals surface area contributed by atoms with Crippen LogP contribution in [0.2, 0.25) is 0 Å². The van der Waals surface area contributed by atoms with Crippen molar-refractivity contribution in [3.05, 3.63) is 69.4 Å². The van der Waals surface area contributed by atoms with Gasteiger partial charge in [0.15, 0.2) is 5.78 Å². The van der Waals surface area contributed by atoms with Crippen LogP contribution in [0.4, 0.5) is 13.2 Å². The number of benzene rings is 2. The quantitative estimate of drug-likeness (QED) is 0.769. The third-order valence-electron chi connectivity index (χ3n) is 2.87. The Labute approximate surface area is 127 Å². The molecular weight excluding hydrogens is 347 g/mol. The largest absolute Gasteiger partial charge is 0.292 e. The number of rotatable bonds is 3. The van der Waals surface area contributed by atoms with Crippen molar-refractivity contribution in [2.24, 2.45) is 0 Å². The summed E-state index contributed by atoms with van der Waals surface area (Å²) < 4.78 is 40.2. The van der Waals surface area contributed by atoms with E-state index in [0.717, 1.165) is 18.2 Å². The number of ketones is 1. The fraction of sp³-hybridized carbons (Fsp3) is 0.0667. The molecule has 0 heterocycles. The molecule has 0 aliphatic heterocycles. The molecule has 0 aromatic heterocycles. The predicted molar refractivity (Wildman–Crippen MR) is 73.1 cm³/mol. The Morgan fingerprint density at radius 2 is 1.81 bits per heavy atom. The zero-order valence-electron chi connectivity index (χ0n) is 10.4. The number of carbonyl (C=O) groups excluding carboxylic acids is 1. The molecule has 0 aliphatic carbocycles. The van der Waals surface area contributed by atoms with E-state index in [9.17, 15) is 18.0 Å². The molecule has 21 heavy (non-hydrogen) atoms. The highest BCUT2D eigenvalue weighted by molar-refractivity contribution is 9.10. The van der Waals surface area contributed by atoms with Crippen LogP contribution in [-0.4, -0.2) is 5.78 Å². The number of carbonyl (C=O) groups is 1. The Morgan fingerprint density at radius 1 is 1.10 bits per heavy atom. The van der Waals surface area contributed by atoms with Gasteiger partial charge in [-0.3, -0.25) is 4.79 Å². The summed E-state index contributed by atoms with van der Waals surface area (Å²) in [6, 6.07) is 7.84. The first kappa shape index (κ1) is 15.3. The Balaban J connectivity index is 2.43. The molecule has 0 aliphatic rings. The van der Waals surface area contributed by atoms with Crippen molar-refractivity contribution >= 4 is 21.7 Å². The molecule has 1 unspecified atom stereocenters. The first-order valence-corrected chi connectivity index (χ1v) is 6.57. The Kier molecular flexibility index (Phi) is 4.43. The van der Waals surface area contributed by atoms with Crippen molar-refractivity contribution in [2.45, 2.75) is 5.92 Å². The van der Waals surface area contributed by atoms with Crippen LogP contribution in [-0.2, 0) is 0 Å². The maximum Gasteiger partial charge on any atom is 0.184 e. The maximum absolute atomic E-state index is 13.7. The summed E-state index contributed by atoms with van der Waals surface area (Å²) in [7, 11) is 0. The third kappa shape index (κ3) is 3.14. The van der Waals surface area contributed by atoms with E-state index in [4.69, 9.17) is 5.26 Å². The van der Waals surface area contributed by atoms with Gasteiger partial charge < -0.3 is 0 Å². The number of nitriles is 1. The molecule has 0 N–H and O–H groups in total. The van der Waals surface area contributed by atoms with Crippen molar-refractivity contribution in [3.8, 4) is 6.07 Å². The lowest BCUT2D eigenvalue weighted by Gasteiger charge is -2.10. The highest BCUT2D eigenvalue weighted by atomic mass is 79.9. The molecule has 0 saturated heterocycles. The number of nitrogens with zero attached hydrogens (tertiary/aromatic N) is 1. The molecular formula is C15H7BrF3NO. The summed E-state index contributed by atoms with van der Waals surface area (Å²) in [5, 5.41) is 9.09. The molecule has 2 aromatic rings. The minimum Gasteiger partial charge on any atom is -0.292 e. The number of halogens is 4. The number of Topliss-reactive ketones (excluding diaryl/α,β-unsaturated/α-hetero) is 1. The molecule has 0 spiro atoms. The van der Waals surface area contributed by atoms with Crippen LogP contribution < -0.4 is 0 Å². The van der Waals surface area contributed by atoms with Crippen LogP contribution in [0.3, 0.4) is 0 Å². The maximum atomic E-state index is 13.7. The molecule has 1 atom stereocenters. The van der Waals surface area contributed by atoms with E-state index < -0.39 is 29.2 Å². The van der Waals surface area contributed by atoms with Crippen LogP contribution in [0.1, 0.15) is 21.8 Å². The zero-order valence-corrected chi connectivity index (χ0v) is 12.0. The number of hydrogen-bond donors (Lipinski definition) is 0. The van der Waals surface area contributed by atoms with E-state index in [-0.39, 0.29) is 15.6 Å². The standard InChI is InChI=1S/C15H7BrF3NO/c16-12-4-1-8(5-14(12)19)15(21)11(7-20)10-3-2-9(17)6-13(10)18/h1-6,11H. The van der Waals surface area contributed by atoms with E-state index in [1.807, 2.05) is 0 Å². The molecule has 0 saturated carbocycles. The lowest BCUT2D eigenvalue weighted by atomic mass is 9.91. The summed E-state index contributed by atoms with van der Waals surface area (Å²) >= 11 is 2.94. The second-order valence-electron chi connectivity index (χ2n) is 4.22. The lowest BCUT2D eigenvalue weighted by molar-refractivity contribution is 0.0977. The van der Waals surface area contributed by atoms with Gasteiger partial charge in [-0.25, -0.2) is 13.2 Å². The molecule has 0 bridgehead atoms. The average molecular weight is 354 g/mol. The summed E-state index contributed by atoms with van der Waals surface area (Å²) in [5.41, 5.74) is -0.307. The van der Waals surface area contributed by atoms with Gasteiger partial charge >= 0.3 is 0 Å². The van der Waals surface area contributed by atoms with Gasteiger partial charge in [0.25, 0.3) is 0 Å². The van der Waals surface area contributed by atoms with Gasteiger partial charge in [-0.15, -0.1) is 0 Å². The van der Waals surface area contributed by atoms with E-state index in [2.05, 4.69) is 15.9 Å². The first-order chi connectivity index (χ1) is 9.93. The molecule has 106 valence electrons. The van der Waals surface area contributed by atoms with Crippen molar-refractivity contribution in [1.29, 1.82) is 5.26 Å². The average Bonchev–Trinajstić information content (AvgIpc) is 2.44. The minimum atomic E-state index is -1.47. The molecule has 0 radical (unpaired) electrons. The molecule has 0 amide bonds. The van der Waals surface area contributed by atoms with E-state index >= 15 is 0 Å². The predicted octanol–water partition coefficient (Wildman–Crippen LogP) is 4.36. The van der Waals surface area contributed by atoms with E-state index in [1.165, 1.54) is 12.1 Å². The van der Waals surface area contributed by atoms with Crippen LogP contribution in [0.25, 0.3) is 0 Å². The molecule has 2 nitrogen and oxygen atoms in total. The van der Waals surface area contributed by atoms with Gasteiger partial charge in [-0.2, -0.15) is 5.26 Å². The molecule has 2 rings (SSSR count). The summed E-state index contributed by atoms with van der Waals surface area (Å²) in [6.07, 6.45) is 0. The molecule has 6 heteroatoms. The topological polar surface area (TPSA) is 40.9 Å². The van der Waals surface area contributed by atoms with E-state index in [1.54, 1.807) is 6.07 Å². The molecule has 0 fully saturated rings. The SMILES string of the molecule is N#CC(C(=O)c1ccc(Br)c(F)c1)c1ccc(F)cc1F. The Morgan fingerprint density at radius 3 is 2.38 bits per heavy atom. The molecule has 2 aromatic carbocycles. The van der Waals surface area contributed by atoms with Gasteiger partial charge in [0, 0.05) is 17.2 Å². The van der Waals surface area contributed by atoms with Gasteiger partial charge in [-0.1, -0.05) is 12.1 Å². The summed E-state index contributed by atoms with van der Waals surface area (Å²) in [5.74, 6) is -4.69. The minimum absolute atomic E-state index is 0.0639. The van der Waals surface area contributed by atoms with Crippen LogP contribution in [0.15, 0.2) is 40.9 Å². The summed E-state index contributed by atoms with van der Waals surface area (Å²) in [6.45, 7) is 0. The smallest absolute Gasteiger partial charge is 0.184 e. The van der Waals surface area contributed by atoms with Crippen molar-refractivity contribution in [2.75, 3.05) is 0 Å². The highest BCUT2D eigenvalue weighted by Gasteiger charge is 2.25. The van der Waals surface area contributed by atoms with Gasteiger partial charge in [-0.05, 0) is 34.1 Å². The van der Waals surface area contributed by atoms with E-state index in [0.29, 0.717) is 6.07 Å². The second-order valence-corrected chi connectivity index (χ2v) is 5.08. The van der Waals surface area contributed by atoms with Crippen LogP contribution in [0, 0.1) is 28.8 Å². The van der Waals surface area contributed by atoms with Crippen molar-refractivity contribution < 1.29 is 18.0 Å². The fourth-order valence-electron chi connectivity index (χ4n) is 1.82.